The monoisotopic (exact) mass is 684 g/mol. The van der Waals surface area contributed by atoms with Gasteiger partial charge in [0.15, 0.2) is 5.69 Å². The minimum absolute atomic E-state index is 0.0938. The van der Waals surface area contributed by atoms with E-state index in [1.165, 1.54) is 24.1 Å². The standard InChI is InChI=1S/C28H31F3N6O9S/c1-17(2)44-27(39)45-19(4)46-34-37(40)35-14-20(15-35)16-43-26(38)33-47(41,42)23-11-9-22(10-12-23)36-24(13-25(32-36)28(29,30)31)21-7-5-18(3)6-8-21/h5-13,17,19-20H,14-16H2,1-4H3,(H,33,38)/b37-34+. The van der Waals surface area contributed by atoms with Crippen LogP contribution >= 0.6 is 0 Å². The summed E-state index contributed by atoms with van der Waals surface area (Å²) in [6.45, 7) is 6.36. The molecule has 1 aromatic heterocycles. The number of benzene rings is 2. The van der Waals surface area contributed by atoms with E-state index in [9.17, 15) is 36.4 Å². The lowest BCUT2D eigenvalue weighted by molar-refractivity contribution is -0.728. The molecule has 254 valence electrons. The van der Waals surface area contributed by atoms with Gasteiger partial charge in [0.2, 0.25) is 5.28 Å². The van der Waals surface area contributed by atoms with Crippen LogP contribution in [0.5, 0.6) is 0 Å². The normalized spacial score (nSPS) is 14.7. The highest BCUT2D eigenvalue weighted by atomic mass is 32.2. The maximum Gasteiger partial charge on any atom is 0.511 e. The predicted molar refractivity (Wildman–Crippen MR) is 155 cm³/mol. The van der Waals surface area contributed by atoms with Gasteiger partial charge >= 0.3 is 18.4 Å². The van der Waals surface area contributed by atoms with Gasteiger partial charge in [0.05, 0.1) is 47.0 Å². The van der Waals surface area contributed by atoms with Crippen LogP contribution in [0.25, 0.3) is 16.9 Å². The molecule has 15 nitrogen and oxygen atoms in total. The molecule has 1 unspecified atom stereocenters. The lowest BCUT2D eigenvalue weighted by Gasteiger charge is -2.33. The Morgan fingerprint density at radius 3 is 2.32 bits per heavy atom. The van der Waals surface area contributed by atoms with Crippen LogP contribution in [0.1, 0.15) is 32.0 Å². The fourth-order valence-electron chi connectivity index (χ4n) is 4.13. The van der Waals surface area contributed by atoms with E-state index in [0.717, 1.165) is 28.4 Å². The number of nitrogens with zero attached hydrogens (tertiary/aromatic N) is 5. The molecule has 1 aliphatic heterocycles. The number of halogens is 3. The van der Waals surface area contributed by atoms with Gasteiger partial charge in [0, 0.05) is 18.4 Å². The molecule has 2 heterocycles. The number of aryl methyl sites for hydroxylation is 1. The Balaban J connectivity index is 1.30. The van der Waals surface area contributed by atoms with E-state index in [-0.39, 0.29) is 46.9 Å². The summed E-state index contributed by atoms with van der Waals surface area (Å²) in [5.41, 5.74) is 0.525. The van der Waals surface area contributed by atoms with Crippen LogP contribution in [0.2, 0.25) is 0 Å². The average Bonchev–Trinajstić information content (AvgIpc) is 3.41. The van der Waals surface area contributed by atoms with E-state index >= 15 is 0 Å². The summed E-state index contributed by atoms with van der Waals surface area (Å²) in [6.07, 6.45) is -8.60. The van der Waals surface area contributed by atoms with E-state index in [1.54, 1.807) is 42.8 Å². The third kappa shape index (κ3) is 9.24. The second-order valence-corrected chi connectivity index (χ2v) is 12.4. The Bertz CT molecular complexity index is 1710. The highest BCUT2D eigenvalue weighted by Crippen LogP contribution is 2.33. The number of ether oxygens (including phenoxy) is 3. The summed E-state index contributed by atoms with van der Waals surface area (Å²) in [4.78, 5) is 28.2. The average molecular weight is 685 g/mol. The number of aromatic nitrogens is 2. The van der Waals surface area contributed by atoms with Gasteiger partial charge in [-0.3, -0.25) is 4.84 Å². The van der Waals surface area contributed by atoms with Crippen LogP contribution in [0.4, 0.5) is 22.8 Å². The van der Waals surface area contributed by atoms with Crippen molar-refractivity contribution in [2.24, 2.45) is 11.2 Å². The molecule has 0 saturated carbocycles. The van der Waals surface area contributed by atoms with Gasteiger partial charge in [0.25, 0.3) is 16.3 Å². The molecule has 19 heteroatoms. The van der Waals surface area contributed by atoms with Gasteiger partial charge < -0.3 is 19.4 Å². The molecule has 1 saturated heterocycles. The van der Waals surface area contributed by atoms with Crippen LogP contribution in [0.3, 0.4) is 0 Å². The highest BCUT2D eigenvalue weighted by molar-refractivity contribution is 7.90. The summed E-state index contributed by atoms with van der Waals surface area (Å²) >= 11 is 0. The second kappa shape index (κ2) is 14.1. The molecule has 47 heavy (non-hydrogen) atoms. The zero-order valence-electron chi connectivity index (χ0n) is 25.5. The quantitative estimate of drug-likeness (QED) is 0.0953. The number of carbonyl (C=O) groups is 2. The number of amides is 1. The van der Waals surface area contributed by atoms with E-state index < -0.39 is 46.5 Å². The number of sulfonamides is 1. The molecule has 1 atom stereocenters. The third-order valence-electron chi connectivity index (χ3n) is 6.45. The van der Waals surface area contributed by atoms with Crippen LogP contribution in [0.15, 0.2) is 64.8 Å². The largest absolute Gasteiger partial charge is 0.569 e. The number of rotatable bonds is 11. The van der Waals surface area contributed by atoms with E-state index in [2.05, 4.69) is 10.4 Å². The molecule has 0 radical (unpaired) electrons. The van der Waals surface area contributed by atoms with Crippen LogP contribution in [-0.2, 0) is 35.2 Å². The van der Waals surface area contributed by atoms with Crippen LogP contribution < -0.4 is 4.72 Å². The Morgan fingerprint density at radius 2 is 1.72 bits per heavy atom. The maximum absolute atomic E-state index is 13.5. The number of nitrogens with one attached hydrogen (secondary N) is 1. The fraction of sp³-hybridized carbons (Fsp3) is 0.393. The summed E-state index contributed by atoms with van der Waals surface area (Å²) < 4.78 is 83.3. The molecule has 2 aromatic carbocycles. The zero-order chi connectivity index (χ0) is 34.5. The molecule has 1 fully saturated rings. The fourth-order valence-corrected chi connectivity index (χ4v) is 5.02. The van der Waals surface area contributed by atoms with Crippen molar-refractivity contribution in [3.8, 4) is 16.9 Å². The summed E-state index contributed by atoms with van der Waals surface area (Å²) in [5, 5.41) is 20.1. The van der Waals surface area contributed by atoms with Gasteiger partial charge in [0.1, 0.15) is 0 Å². The SMILES string of the molecule is Cc1ccc(-c2cc(C(F)(F)F)nn2-c2ccc(S(=O)(=O)NC(=O)OCC3CN(/[N+]([O-])=N\OC(C)OC(=O)OC(C)C)C3)cc2)cc1. The Kier molecular flexibility index (Phi) is 10.5. The van der Waals surface area contributed by atoms with Crippen molar-refractivity contribution in [1.29, 1.82) is 0 Å². The van der Waals surface area contributed by atoms with Gasteiger partial charge in [-0.05, 0) is 51.1 Å². The van der Waals surface area contributed by atoms with Gasteiger partial charge in [-0.15, -0.1) is 5.01 Å². The first kappa shape index (κ1) is 34.8. The zero-order valence-corrected chi connectivity index (χ0v) is 26.3. The molecule has 0 aliphatic carbocycles. The number of alkyl halides is 3. The molecule has 0 spiro atoms. The van der Waals surface area contributed by atoms with E-state index in [0.29, 0.717) is 5.56 Å². The van der Waals surface area contributed by atoms with Gasteiger partial charge in [-0.25, -0.2) is 27.4 Å². The minimum atomic E-state index is -4.71. The van der Waals surface area contributed by atoms with E-state index in [4.69, 9.17) is 19.0 Å². The summed E-state index contributed by atoms with van der Waals surface area (Å²) in [5.74, 6) is -0.331. The van der Waals surface area contributed by atoms with E-state index in [1.807, 2.05) is 6.92 Å². The number of hydrogen-bond acceptors (Lipinski definition) is 11. The first-order valence-corrected chi connectivity index (χ1v) is 15.5. The first-order valence-electron chi connectivity index (χ1n) is 14.0. The first-order chi connectivity index (χ1) is 22.0. The van der Waals surface area contributed by atoms with Crippen LogP contribution in [-0.4, -0.2) is 72.5 Å². The van der Waals surface area contributed by atoms with Crippen molar-refractivity contribution < 1.29 is 55.2 Å². The van der Waals surface area contributed by atoms with Crippen LogP contribution in [0, 0.1) is 18.0 Å². The summed E-state index contributed by atoms with van der Waals surface area (Å²) in [6, 6.07) is 12.4. The number of hydrogen-bond donors (Lipinski definition) is 1. The highest BCUT2D eigenvalue weighted by Gasteiger charge is 2.36. The minimum Gasteiger partial charge on any atom is -0.569 e. The molecule has 0 bridgehead atoms. The lowest BCUT2D eigenvalue weighted by atomic mass is 10.0. The predicted octanol–water partition coefficient (Wildman–Crippen LogP) is 4.93. The van der Waals surface area contributed by atoms with Crippen molar-refractivity contribution >= 4 is 22.3 Å². The number of hydrazine groups is 1. The maximum atomic E-state index is 13.5. The second-order valence-electron chi connectivity index (χ2n) is 10.7. The summed E-state index contributed by atoms with van der Waals surface area (Å²) in [7, 11) is -4.41. The van der Waals surface area contributed by atoms with Crippen molar-refractivity contribution in [1.82, 2.24) is 19.5 Å². The van der Waals surface area contributed by atoms with Crippen molar-refractivity contribution in [3.05, 3.63) is 71.1 Å². The number of carbonyl (C=O) groups excluding carboxylic acids is 2. The Morgan fingerprint density at radius 1 is 1.09 bits per heavy atom. The Labute approximate surface area is 267 Å². The lowest BCUT2D eigenvalue weighted by Crippen LogP contribution is -2.52. The molecule has 1 aliphatic rings. The molecule has 3 aromatic rings. The topological polar surface area (TPSA) is 177 Å². The van der Waals surface area contributed by atoms with Gasteiger partial charge in [-0.1, -0.05) is 29.8 Å². The molecule has 1 N–H and O–H groups in total. The molecule has 4 rings (SSSR count). The van der Waals surface area contributed by atoms with Crippen molar-refractivity contribution in [2.75, 3.05) is 19.7 Å². The smallest absolute Gasteiger partial charge is 0.511 e. The molecular formula is C28H31F3N6O9S. The molecule has 1 amide bonds. The third-order valence-corrected chi connectivity index (χ3v) is 7.77. The van der Waals surface area contributed by atoms with Crippen molar-refractivity contribution in [3.63, 3.8) is 0 Å². The van der Waals surface area contributed by atoms with Gasteiger partial charge in [-0.2, -0.15) is 18.3 Å². The molecular weight excluding hydrogens is 653 g/mol. The Hall–Kier alpha value is -5.07. The van der Waals surface area contributed by atoms with Crippen molar-refractivity contribution in [2.45, 2.75) is 51.2 Å².